The van der Waals surface area contributed by atoms with Gasteiger partial charge in [-0.1, -0.05) is 12.1 Å². The normalized spacial score (nSPS) is 22.6. The molecule has 0 spiro atoms. The molecule has 1 aliphatic heterocycles. The Morgan fingerprint density at radius 3 is 2.45 bits per heavy atom. The third kappa shape index (κ3) is 5.50. The van der Waals surface area contributed by atoms with Crippen molar-refractivity contribution in [1.29, 1.82) is 0 Å². The van der Waals surface area contributed by atoms with Crippen LogP contribution in [0.15, 0.2) is 24.3 Å². The Bertz CT molecular complexity index is 747. The number of amides is 2. The quantitative estimate of drug-likeness (QED) is 0.783. The van der Waals surface area contributed by atoms with E-state index in [1.807, 2.05) is 19.0 Å². The molecule has 2 amide bonds. The van der Waals surface area contributed by atoms with E-state index in [-0.39, 0.29) is 30.2 Å². The van der Waals surface area contributed by atoms with Gasteiger partial charge in [0.1, 0.15) is 0 Å². The summed E-state index contributed by atoms with van der Waals surface area (Å²) in [5.41, 5.74) is -0.224. The molecule has 2 fully saturated rings. The van der Waals surface area contributed by atoms with Crippen molar-refractivity contribution >= 4 is 11.8 Å². The first-order valence-corrected chi connectivity index (χ1v) is 10.1. The van der Waals surface area contributed by atoms with Crippen LogP contribution < -0.4 is 5.32 Å². The summed E-state index contributed by atoms with van der Waals surface area (Å²) in [6.45, 7) is 1.50. The number of nitrogens with zero attached hydrogens (tertiary/aromatic N) is 2. The molecule has 1 aliphatic carbocycles. The zero-order chi connectivity index (χ0) is 21.2. The summed E-state index contributed by atoms with van der Waals surface area (Å²) in [5, 5.41) is 2.90. The van der Waals surface area contributed by atoms with Crippen LogP contribution in [0.3, 0.4) is 0 Å². The van der Waals surface area contributed by atoms with Crippen LogP contribution >= 0.6 is 0 Å². The summed E-state index contributed by atoms with van der Waals surface area (Å²) in [6, 6.07) is 4.79. The number of piperidine rings is 1. The van der Waals surface area contributed by atoms with Gasteiger partial charge < -0.3 is 15.1 Å². The van der Waals surface area contributed by atoms with Crippen molar-refractivity contribution < 1.29 is 22.8 Å². The number of carbonyl (C=O) groups is 2. The predicted molar refractivity (Wildman–Crippen MR) is 103 cm³/mol. The van der Waals surface area contributed by atoms with Crippen LogP contribution in [0.25, 0.3) is 0 Å². The highest BCUT2D eigenvalue weighted by molar-refractivity contribution is 5.84. The van der Waals surface area contributed by atoms with Gasteiger partial charge in [0.05, 0.1) is 17.5 Å². The van der Waals surface area contributed by atoms with Gasteiger partial charge in [-0.2, -0.15) is 13.2 Å². The van der Waals surface area contributed by atoms with E-state index >= 15 is 0 Å². The zero-order valence-electron chi connectivity index (χ0n) is 16.8. The van der Waals surface area contributed by atoms with E-state index < -0.39 is 17.8 Å². The molecule has 1 aromatic carbocycles. The van der Waals surface area contributed by atoms with Crippen molar-refractivity contribution in [3.05, 3.63) is 35.4 Å². The molecule has 2 aliphatic rings. The molecule has 2 unspecified atom stereocenters. The summed E-state index contributed by atoms with van der Waals surface area (Å²) in [4.78, 5) is 29.0. The van der Waals surface area contributed by atoms with E-state index in [1.165, 1.54) is 6.07 Å². The number of halogens is 3. The number of likely N-dealkylation sites (tertiary alicyclic amines) is 1. The topological polar surface area (TPSA) is 52.7 Å². The van der Waals surface area contributed by atoms with Gasteiger partial charge in [-0.3, -0.25) is 9.59 Å². The van der Waals surface area contributed by atoms with E-state index in [0.29, 0.717) is 24.9 Å². The van der Waals surface area contributed by atoms with E-state index in [2.05, 4.69) is 5.32 Å². The van der Waals surface area contributed by atoms with Gasteiger partial charge >= 0.3 is 6.18 Å². The van der Waals surface area contributed by atoms with Crippen LogP contribution in [0.4, 0.5) is 13.2 Å². The average Bonchev–Trinajstić information content (AvgIpc) is 3.51. The first kappa shape index (κ1) is 21.6. The molecule has 1 heterocycles. The molecule has 3 rings (SSSR count). The fraction of sp³-hybridized carbons (Fsp3) is 0.619. The number of carbonyl (C=O) groups excluding carboxylic acids is 2. The average molecular weight is 411 g/mol. The van der Waals surface area contributed by atoms with Crippen molar-refractivity contribution in [2.75, 3.05) is 33.7 Å². The van der Waals surface area contributed by atoms with E-state index in [1.54, 1.807) is 11.0 Å². The molecule has 160 valence electrons. The maximum atomic E-state index is 13.1. The molecule has 1 saturated carbocycles. The first-order valence-electron chi connectivity index (χ1n) is 10.1. The Morgan fingerprint density at radius 2 is 1.83 bits per heavy atom. The van der Waals surface area contributed by atoms with Gasteiger partial charge in [0, 0.05) is 25.6 Å². The molecular formula is C21H28F3N3O2. The second-order valence-corrected chi connectivity index (χ2v) is 8.27. The van der Waals surface area contributed by atoms with Gasteiger partial charge in [0.2, 0.25) is 11.8 Å². The first-order chi connectivity index (χ1) is 13.7. The molecule has 1 saturated heterocycles. The maximum absolute atomic E-state index is 13.1. The lowest BCUT2D eigenvalue weighted by Gasteiger charge is -2.40. The third-order valence-corrected chi connectivity index (χ3v) is 5.62. The Balaban J connectivity index is 1.75. The highest BCUT2D eigenvalue weighted by atomic mass is 19.4. The number of alkyl halides is 3. The predicted octanol–water partition coefficient (Wildman–Crippen LogP) is 3.07. The van der Waals surface area contributed by atoms with Crippen LogP contribution in [0.5, 0.6) is 0 Å². The van der Waals surface area contributed by atoms with Crippen LogP contribution in [0.1, 0.15) is 42.9 Å². The molecule has 0 radical (unpaired) electrons. The number of hydrogen-bond donors (Lipinski definition) is 1. The number of nitrogens with one attached hydrogen (secondary N) is 1. The molecule has 0 bridgehead atoms. The Labute approximate surface area is 169 Å². The molecule has 5 nitrogen and oxygen atoms in total. The summed E-state index contributed by atoms with van der Waals surface area (Å²) in [7, 11) is 3.84. The van der Waals surface area contributed by atoms with Crippen molar-refractivity contribution in [2.45, 2.75) is 37.9 Å². The van der Waals surface area contributed by atoms with E-state index in [4.69, 9.17) is 0 Å². The molecule has 1 N–H and O–H groups in total. The van der Waals surface area contributed by atoms with Crippen molar-refractivity contribution in [1.82, 2.24) is 15.1 Å². The van der Waals surface area contributed by atoms with Gasteiger partial charge in [-0.05, 0) is 57.5 Å². The van der Waals surface area contributed by atoms with Crippen LogP contribution in [-0.2, 0) is 15.8 Å². The van der Waals surface area contributed by atoms with Crippen molar-refractivity contribution in [3.8, 4) is 0 Å². The molecule has 0 aromatic heterocycles. The lowest BCUT2D eigenvalue weighted by atomic mass is 9.87. The molecule has 8 heteroatoms. The second-order valence-electron chi connectivity index (χ2n) is 8.27. The van der Waals surface area contributed by atoms with Gasteiger partial charge in [-0.15, -0.1) is 0 Å². The molecular weight excluding hydrogens is 383 g/mol. The number of likely N-dealkylation sites (N-methyl/N-ethyl adjacent to an activating group) is 1. The highest BCUT2D eigenvalue weighted by Gasteiger charge is 2.41. The summed E-state index contributed by atoms with van der Waals surface area (Å²) < 4.78 is 39.4. The van der Waals surface area contributed by atoms with E-state index in [0.717, 1.165) is 31.5 Å². The zero-order valence-corrected chi connectivity index (χ0v) is 16.8. The Hall–Kier alpha value is -2.09. The minimum absolute atomic E-state index is 0.0433. The maximum Gasteiger partial charge on any atom is 0.416 e. The lowest BCUT2D eigenvalue weighted by Crippen LogP contribution is -2.48. The summed E-state index contributed by atoms with van der Waals surface area (Å²) in [5.74, 6) is -0.526. The Kier molecular flexibility index (Phi) is 6.51. The fourth-order valence-electron chi connectivity index (χ4n) is 3.81. The summed E-state index contributed by atoms with van der Waals surface area (Å²) in [6.07, 6.45) is -1.78. The lowest BCUT2D eigenvalue weighted by molar-refractivity contribution is -0.140. The smallest absolute Gasteiger partial charge is 0.355 e. The van der Waals surface area contributed by atoms with Gasteiger partial charge in [0.25, 0.3) is 0 Å². The van der Waals surface area contributed by atoms with Crippen molar-refractivity contribution in [2.24, 2.45) is 11.8 Å². The van der Waals surface area contributed by atoms with E-state index in [9.17, 15) is 22.8 Å². The molecule has 1 aromatic rings. The summed E-state index contributed by atoms with van der Waals surface area (Å²) >= 11 is 0. The monoisotopic (exact) mass is 411 g/mol. The number of rotatable bonds is 6. The molecule has 2 atom stereocenters. The second kappa shape index (κ2) is 8.73. The number of hydrogen-bond acceptors (Lipinski definition) is 3. The number of benzene rings is 1. The minimum Gasteiger partial charge on any atom is -0.355 e. The Morgan fingerprint density at radius 1 is 1.14 bits per heavy atom. The van der Waals surface area contributed by atoms with Crippen LogP contribution in [0.2, 0.25) is 0 Å². The van der Waals surface area contributed by atoms with Gasteiger partial charge in [0.15, 0.2) is 0 Å². The van der Waals surface area contributed by atoms with Crippen LogP contribution in [0, 0.1) is 11.8 Å². The standard InChI is InChI=1S/C21H28F3N3O2/c1-26(2)11-10-25-19(28)16-8-9-18(27(13-16)20(29)14-6-7-14)15-4-3-5-17(12-15)21(22,23)24/h3-5,12,14,16,18H,6-11,13H2,1-2H3,(H,25,28). The third-order valence-electron chi connectivity index (χ3n) is 5.62. The fourth-order valence-corrected chi connectivity index (χ4v) is 3.81. The minimum atomic E-state index is -4.43. The largest absolute Gasteiger partial charge is 0.416 e. The van der Waals surface area contributed by atoms with Crippen molar-refractivity contribution in [3.63, 3.8) is 0 Å². The van der Waals surface area contributed by atoms with Crippen LogP contribution in [-0.4, -0.2) is 55.3 Å². The SMILES string of the molecule is CN(C)CCNC(=O)C1CCC(c2cccc(C(F)(F)F)c2)N(C(=O)C2CC2)C1. The molecule has 29 heavy (non-hydrogen) atoms. The van der Waals surface area contributed by atoms with Gasteiger partial charge in [-0.25, -0.2) is 0 Å². The highest BCUT2D eigenvalue weighted by Crippen LogP contribution is 2.40.